The van der Waals surface area contributed by atoms with Crippen LogP contribution in [0.2, 0.25) is 0 Å². The molecule has 0 aliphatic heterocycles. The summed E-state index contributed by atoms with van der Waals surface area (Å²) in [6, 6.07) is 6.39. The third kappa shape index (κ3) is 2.18. The van der Waals surface area contributed by atoms with Gasteiger partial charge in [-0.2, -0.15) is 0 Å². The zero-order chi connectivity index (χ0) is 11.7. The number of imidazole rings is 1. The number of aromatic nitrogens is 2. The van der Waals surface area contributed by atoms with Crippen LogP contribution in [0.3, 0.4) is 0 Å². The van der Waals surface area contributed by atoms with E-state index in [1.165, 1.54) is 11.1 Å². The third-order valence-electron chi connectivity index (χ3n) is 2.70. The van der Waals surface area contributed by atoms with Gasteiger partial charge in [-0.1, -0.05) is 6.07 Å². The summed E-state index contributed by atoms with van der Waals surface area (Å²) in [5.41, 5.74) is 3.57. The van der Waals surface area contributed by atoms with Gasteiger partial charge in [-0.25, -0.2) is 0 Å². The number of benzene rings is 1. The van der Waals surface area contributed by atoms with Crippen molar-refractivity contribution in [1.29, 1.82) is 0 Å². The highest BCUT2D eigenvalue weighted by Gasteiger charge is 2.04. The van der Waals surface area contributed by atoms with Crippen molar-refractivity contribution < 1.29 is 0 Å². The van der Waals surface area contributed by atoms with E-state index in [1.807, 2.05) is 0 Å². The molecule has 3 nitrogen and oxygen atoms in total. The number of rotatable bonds is 3. The van der Waals surface area contributed by atoms with Gasteiger partial charge in [0.1, 0.15) is 0 Å². The van der Waals surface area contributed by atoms with E-state index in [4.69, 9.17) is 12.2 Å². The minimum atomic E-state index is 0.808. The lowest BCUT2D eigenvalue weighted by Crippen LogP contribution is -2.18. The second-order valence-corrected chi connectivity index (χ2v) is 4.79. The molecule has 0 saturated carbocycles. The van der Waals surface area contributed by atoms with E-state index >= 15 is 0 Å². The summed E-state index contributed by atoms with van der Waals surface area (Å²) in [6.07, 6.45) is 0. The Balaban J connectivity index is 2.44. The maximum absolute atomic E-state index is 5.34. The van der Waals surface area contributed by atoms with Crippen molar-refractivity contribution in [3.05, 3.63) is 28.5 Å². The van der Waals surface area contributed by atoms with Crippen LogP contribution in [0.1, 0.15) is 5.56 Å². The Kier molecular flexibility index (Phi) is 3.12. The Labute approximate surface area is 101 Å². The SMILES string of the molecule is Cc1ccc2c(c1)[nH]c(=S)n2CCN(C)C. The number of hydrogen-bond acceptors (Lipinski definition) is 2. The first kappa shape index (κ1) is 11.4. The van der Waals surface area contributed by atoms with Crippen LogP contribution < -0.4 is 0 Å². The molecule has 1 heterocycles. The molecule has 0 radical (unpaired) electrons. The van der Waals surface area contributed by atoms with Gasteiger partial charge in [-0.15, -0.1) is 0 Å². The van der Waals surface area contributed by atoms with Gasteiger partial charge < -0.3 is 14.5 Å². The molecule has 0 atom stereocenters. The lowest BCUT2D eigenvalue weighted by atomic mass is 10.2. The molecule has 0 bridgehead atoms. The number of nitrogens with one attached hydrogen (secondary N) is 1. The number of nitrogens with zero attached hydrogens (tertiary/aromatic N) is 2. The van der Waals surface area contributed by atoms with E-state index < -0.39 is 0 Å². The molecule has 0 saturated heterocycles. The lowest BCUT2D eigenvalue weighted by Gasteiger charge is -2.10. The Bertz CT molecular complexity index is 551. The highest BCUT2D eigenvalue weighted by Crippen LogP contribution is 2.15. The van der Waals surface area contributed by atoms with Crippen molar-refractivity contribution in [1.82, 2.24) is 14.5 Å². The fraction of sp³-hybridized carbons (Fsp3) is 0.417. The molecule has 0 aliphatic carbocycles. The Hall–Kier alpha value is -1.13. The van der Waals surface area contributed by atoms with Crippen LogP contribution in [0.4, 0.5) is 0 Å². The first-order valence-electron chi connectivity index (χ1n) is 5.42. The van der Waals surface area contributed by atoms with Crippen LogP contribution >= 0.6 is 12.2 Å². The molecule has 86 valence electrons. The van der Waals surface area contributed by atoms with Crippen molar-refractivity contribution in [2.75, 3.05) is 20.6 Å². The maximum atomic E-state index is 5.34. The normalized spacial score (nSPS) is 11.5. The van der Waals surface area contributed by atoms with Gasteiger partial charge in [0.05, 0.1) is 11.0 Å². The van der Waals surface area contributed by atoms with E-state index in [9.17, 15) is 0 Å². The second-order valence-electron chi connectivity index (χ2n) is 4.41. The maximum Gasteiger partial charge on any atom is 0.178 e. The number of aromatic amines is 1. The van der Waals surface area contributed by atoms with Crippen LogP contribution in [0, 0.1) is 11.7 Å². The molecule has 16 heavy (non-hydrogen) atoms. The van der Waals surface area contributed by atoms with E-state index in [2.05, 4.69) is 53.7 Å². The molecule has 0 amide bonds. The highest BCUT2D eigenvalue weighted by molar-refractivity contribution is 7.71. The second kappa shape index (κ2) is 4.39. The quantitative estimate of drug-likeness (QED) is 0.827. The molecule has 1 aromatic heterocycles. The fourth-order valence-corrected chi connectivity index (χ4v) is 2.10. The van der Waals surface area contributed by atoms with E-state index in [0.717, 1.165) is 23.4 Å². The van der Waals surface area contributed by atoms with E-state index in [0.29, 0.717) is 0 Å². The van der Waals surface area contributed by atoms with Crippen LogP contribution in [-0.4, -0.2) is 35.1 Å². The van der Waals surface area contributed by atoms with Gasteiger partial charge in [0, 0.05) is 13.1 Å². The first-order valence-corrected chi connectivity index (χ1v) is 5.82. The minimum Gasteiger partial charge on any atom is -0.331 e. The predicted octanol–water partition coefficient (Wildman–Crippen LogP) is 2.57. The Morgan fingerprint density at radius 2 is 2.12 bits per heavy atom. The van der Waals surface area contributed by atoms with Crippen LogP contribution in [0.25, 0.3) is 11.0 Å². The molecular formula is C12H17N3S. The smallest absolute Gasteiger partial charge is 0.178 e. The molecule has 0 fully saturated rings. The van der Waals surface area contributed by atoms with Crippen LogP contribution in [0.15, 0.2) is 18.2 Å². The summed E-state index contributed by atoms with van der Waals surface area (Å²) >= 11 is 5.34. The lowest BCUT2D eigenvalue weighted by molar-refractivity contribution is 0.385. The molecular weight excluding hydrogens is 218 g/mol. The topological polar surface area (TPSA) is 24.0 Å². The van der Waals surface area contributed by atoms with Crippen molar-refractivity contribution in [2.24, 2.45) is 0 Å². The molecule has 4 heteroatoms. The van der Waals surface area contributed by atoms with E-state index in [-0.39, 0.29) is 0 Å². The molecule has 2 rings (SSSR count). The average molecular weight is 235 g/mol. The summed E-state index contributed by atoms with van der Waals surface area (Å²) < 4.78 is 2.96. The Morgan fingerprint density at radius 3 is 2.81 bits per heavy atom. The van der Waals surface area contributed by atoms with Gasteiger partial charge in [-0.3, -0.25) is 0 Å². The number of fused-ring (bicyclic) bond motifs is 1. The summed E-state index contributed by atoms with van der Waals surface area (Å²) in [5.74, 6) is 0. The van der Waals surface area contributed by atoms with Gasteiger partial charge in [0.2, 0.25) is 0 Å². The largest absolute Gasteiger partial charge is 0.331 e. The molecule has 1 aromatic carbocycles. The van der Waals surface area contributed by atoms with Crippen molar-refractivity contribution >= 4 is 23.3 Å². The van der Waals surface area contributed by atoms with Crippen molar-refractivity contribution in [3.8, 4) is 0 Å². The molecule has 1 N–H and O–H groups in total. The monoisotopic (exact) mass is 235 g/mol. The first-order chi connectivity index (χ1) is 7.58. The zero-order valence-electron chi connectivity index (χ0n) is 9.95. The summed E-state index contributed by atoms with van der Waals surface area (Å²) in [4.78, 5) is 5.41. The van der Waals surface area contributed by atoms with Gasteiger partial charge in [0.25, 0.3) is 0 Å². The summed E-state index contributed by atoms with van der Waals surface area (Å²) in [7, 11) is 4.14. The van der Waals surface area contributed by atoms with Crippen LogP contribution in [-0.2, 0) is 6.54 Å². The predicted molar refractivity (Wildman–Crippen MR) is 70.4 cm³/mol. The average Bonchev–Trinajstić information content (AvgIpc) is 2.50. The van der Waals surface area contributed by atoms with Crippen molar-refractivity contribution in [3.63, 3.8) is 0 Å². The van der Waals surface area contributed by atoms with E-state index in [1.54, 1.807) is 0 Å². The highest BCUT2D eigenvalue weighted by atomic mass is 32.1. The van der Waals surface area contributed by atoms with Crippen molar-refractivity contribution in [2.45, 2.75) is 13.5 Å². The van der Waals surface area contributed by atoms with Crippen LogP contribution in [0.5, 0.6) is 0 Å². The number of aryl methyl sites for hydroxylation is 1. The molecule has 0 aliphatic rings. The minimum absolute atomic E-state index is 0.808. The fourth-order valence-electron chi connectivity index (χ4n) is 1.80. The number of H-pyrrole nitrogens is 1. The van der Waals surface area contributed by atoms with Gasteiger partial charge >= 0.3 is 0 Å². The van der Waals surface area contributed by atoms with Gasteiger partial charge in [0.15, 0.2) is 4.77 Å². The summed E-state index contributed by atoms with van der Waals surface area (Å²) in [5, 5.41) is 0. The summed E-state index contributed by atoms with van der Waals surface area (Å²) in [6.45, 7) is 4.01. The third-order valence-corrected chi connectivity index (χ3v) is 3.02. The molecule has 0 unspecified atom stereocenters. The van der Waals surface area contributed by atoms with Gasteiger partial charge in [-0.05, 0) is 50.9 Å². The molecule has 0 spiro atoms. The number of likely N-dealkylation sites (N-methyl/N-ethyl adjacent to an activating group) is 1. The molecule has 2 aromatic rings. The zero-order valence-corrected chi connectivity index (χ0v) is 10.8. The Morgan fingerprint density at radius 1 is 1.38 bits per heavy atom. The number of hydrogen-bond donors (Lipinski definition) is 1. The standard InChI is InChI=1S/C12H17N3S/c1-9-4-5-11-10(8-9)13-12(16)15(11)7-6-14(2)3/h4-5,8H,6-7H2,1-3H3,(H,13,16).